The number of anilines is 2. The van der Waals surface area contributed by atoms with E-state index in [1.54, 1.807) is 31.2 Å². The molecule has 3 aromatic carbocycles. The van der Waals surface area contributed by atoms with E-state index in [2.05, 4.69) is 10.6 Å². The number of amides is 3. The van der Waals surface area contributed by atoms with Crippen LogP contribution in [0.25, 0.3) is 11.1 Å². The van der Waals surface area contributed by atoms with Crippen molar-refractivity contribution in [2.75, 3.05) is 17.2 Å². The van der Waals surface area contributed by atoms with Crippen LogP contribution in [0.1, 0.15) is 30.9 Å². The van der Waals surface area contributed by atoms with Crippen LogP contribution in [-0.2, 0) is 10.0 Å². The summed E-state index contributed by atoms with van der Waals surface area (Å²) in [4.78, 5) is 24.4. The van der Waals surface area contributed by atoms with Crippen LogP contribution < -0.4 is 10.6 Å². The molecule has 188 valence electrons. The van der Waals surface area contributed by atoms with Gasteiger partial charge in [-0.2, -0.15) is 13.2 Å². The van der Waals surface area contributed by atoms with E-state index in [1.807, 2.05) is 44.2 Å². The van der Waals surface area contributed by atoms with Gasteiger partial charge in [-0.05, 0) is 79.4 Å². The average molecular weight is 509 g/mol. The minimum Gasteiger partial charge on any atom is -0.435 e. The number of carbonyl (C=O) groups excluding carboxylic acids is 1. The molecule has 3 aromatic rings. The number of hydrogen-bond donors (Lipinski definition) is 3. The molecule has 1 fully saturated rings. The van der Waals surface area contributed by atoms with Gasteiger partial charge in [-0.3, -0.25) is 0 Å². The molecule has 0 bridgehead atoms. The minimum atomic E-state index is -4.12. The van der Waals surface area contributed by atoms with Gasteiger partial charge in [0.1, 0.15) is 17.5 Å². The van der Waals surface area contributed by atoms with E-state index in [9.17, 15) is 23.1 Å². The Morgan fingerprint density at radius 3 is 1.94 bits per heavy atom. The largest absolute Gasteiger partial charge is 0.529 e. The minimum absolute atomic E-state index is 0.0105. The molecule has 1 heterocycles. The predicted molar refractivity (Wildman–Crippen MR) is 139 cm³/mol. The SMILES string of the molecule is Cc1ccc(NC(=O)Nc2ccc(-c3ccc(S(=O)(=O)[N+]4(C(=O)O)CCC[C@H]4C)cc3)cc2)cc1C. The van der Waals surface area contributed by atoms with Crippen molar-refractivity contribution >= 4 is 33.5 Å². The monoisotopic (exact) mass is 508 g/mol. The third-order valence-electron chi connectivity index (χ3n) is 6.97. The molecule has 0 aromatic heterocycles. The molecule has 9 heteroatoms. The fraction of sp³-hybridized carbons (Fsp3) is 0.259. The number of carboxylic acid groups (broad SMARTS) is 1. The third kappa shape index (κ3) is 4.59. The van der Waals surface area contributed by atoms with Crippen molar-refractivity contribution in [3.63, 3.8) is 0 Å². The Balaban J connectivity index is 1.47. The summed E-state index contributed by atoms with van der Waals surface area (Å²) in [6.45, 7) is 5.73. The Hall–Kier alpha value is -3.69. The summed E-state index contributed by atoms with van der Waals surface area (Å²) in [5.74, 6) is 0. The molecule has 2 atom stereocenters. The second kappa shape index (κ2) is 9.75. The summed E-state index contributed by atoms with van der Waals surface area (Å²) in [5, 5.41) is 15.4. The number of sulfonamides is 1. The molecule has 0 saturated carbocycles. The third-order valence-corrected chi connectivity index (χ3v) is 9.39. The summed E-state index contributed by atoms with van der Waals surface area (Å²) in [5.41, 5.74) is 5.15. The van der Waals surface area contributed by atoms with E-state index in [4.69, 9.17) is 0 Å². The number of rotatable bonds is 5. The highest BCUT2D eigenvalue weighted by molar-refractivity contribution is 7.86. The van der Waals surface area contributed by atoms with Crippen LogP contribution in [-0.4, -0.2) is 42.1 Å². The van der Waals surface area contributed by atoms with Gasteiger partial charge < -0.3 is 15.7 Å². The van der Waals surface area contributed by atoms with Gasteiger partial charge in [0.05, 0.1) is 0 Å². The van der Waals surface area contributed by atoms with Gasteiger partial charge in [0.2, 0.25) is 0 Å². The molecule has 1 saturated heterocycles. The normalized spacial score (nSPS) is 19.6. The highest BCUT2D eigenvalue weighted by Crippen LogP contribution is 2.36. The van der Waals surface area contributed by atoms with Gasteiger partial charge in [0.25, 0.3) is 0 Å². The van der Waals surface area contributed by atoms with Gasteiger partial charge >= 0.3 is 22.1 Å². The van der Waals surface area contributed by atoms with E-state index < -0.39 is 26.0 Å². The van der Waals surface area contributed by atoms with Crippen LogP contribution in [0, 0.1) is 13.8 Å². The van der Waals surface area contributed by atoms with Crippen LogP contribution >= 0.6 is 0 Å². The van der Waals surface area contributed by atoms with Crippen molar-refractivity contribution in [1.82, 2.24) is 0 Å². The van der Waals surface area contributed by atoms with Gasteiger partial charge in [0, 0.05) is 24.2 Å². The highest BCUT2D eigenvalue weighted by Gasteiger charge is 2.57. The fourth-order valence-corrected chi connectivity index (χ4v) is 6.67. The van der Waals surface area contributed by atoms with Gasteiger partial charge in [-0.15, -0.1) is 3.89 Å². The van der Waals surface area contributed by atoms with Crippen molar-refractivity contribution < 1.29 is 27.0 Å². The zero-order valence-corrected chi connectivity index (χ0v) is 21.3. The molecule has 3 N–H and O–H groups in total. The Bertz CT molecular complexity index is 1400. The van der Waals surface area contributed by atoms with Crippen LogP contribution in [0.2, 0.25) is 0 Å². The molecule has 8 nitrogen and oxygen atoms in total. The lowest BCUT2D eigenvalue weighted by atomic mass is 10.1. The molecule has 1 aliphatic rings. The van der Waals surface area contributed by atoms with Crippen LogP contribution in [0.15, 0.2) is 71.6 Å². The first-order valence-electron chi connectivity index (χ1n) is 11.8. The van der Waals surface area contributed by atoms with Crippen molar-refractivity contribution in [3.05, 3.63) is 77.9 Å². The zero-order valence-electron chi connectivity index (χ0n) is 20.5. The molecular weight excluding hydrogens is 478 g/mol. The van der Waals surface area contributed by atoms with Crippen LogP contribution in [0.3, 0.4) is 0 Å². The maximum atomic E-state index is 13.3. The van der Waals surface area contributed by atoms with E-state index in [0.717, 1.165) is 22.3 Å². The quantitative estimate of drug-likeness (QED) is 0.367. The fourth-order valence-electron chi connectivity index (χ4n) is 4.66. The number of quaternary nitrogens is 1. The zero-order chi connectivity index (χ0) is 26.1. The van der Waals surface area contributed by atoms with Crippen molar-refractivity contribution in [2.24, 2.45) is 0 Å². The summed E-state index contributed by atoms with van der Waals surface area (Å²) < 4.78 is 25.7. The van der Waals surface area contributed by atoms with Gasteiger partial charge in [-0.1, -0.05) is 30.3 Å². The standard InChI is InChI=1S/C27H29N3O5S/c1-18-6-11-24(17-19(18)2)29-26(31)28-23-12-7-21(8-13-23)22-9-14-25(15-10-22)36(34,35)30(27(32)33)16-4-5-20(30)3/h6-15,17,20H,4-5,16H2,1-3H3,(H2-,28,29,31,32,33)/p+1/t20-,30?/m1/s1. The number of nitrogens with one attached hydrogen (secondary N) is 2. The van der Waals surface area contributed by atoms with Crippen molar-refractivity contribution in [1.29, 1.82) is 0 Å². The number of nitrogens with zero attached hydrogens (tertiary/aromatic N) is 1. The van der Waals surface area contributed by atoms with E-state index >= 15 is 0 Å². The second-order valence-corrected chi connectivity index (χ2v) is 11.3. The molecule has 0 radical (unpaired) electrons. The topological polar surface area (TPSA) is 113 Å². The first-order chi connectivity index (χ1) is 17.0. The van der Waals surface area contributed by atoms with E-state index in [0.29, 0.717) is 24.2 Å². The maximum Gasteiger partial charge on any atom is 0.529 e. The number of benzene rings is 3. The lowest BCUT2D eigenvalue weighted by Gasteiger charge is -2.30. The lowest BCUT2D eigenvalue weighted by molar-refractivity contribution is -0.741. The van der Waals surface area contributed by atoms with Gasteiger partial charge in [-0.25, -0.2) is 4.79 Å². The highest BCUT2D eigenvalue weighted by atomic mass is 32.2. The molecule has 4 rings (SSSR count). The molecule has 3 amide bonds. The summed E-state index contributed by atoms with van der Waals surface area (Å²) >= 11 is 0. The molecule has 0 aliphatic carbocycles. The van der Waals surface area contributed by atoms with Crippen molar-refractivity contribution in [2.45, 2.75) is 44.6 Å². The molecule has 1 aliphatic heterocycles. The lowest BCUT2D eigenvalue weighted by Crippen LogP contribution is -2.58. The van der Waals surface area contributed by atoms with Gasteiger partial charge in [0.15, 0.2) is 0 Å². The van der Waals surface area contributed by atoms with E-state index in [1.165, 1.54) is 12.1 Å². The molecule has 1 unspecified atom stereocenters. The number of aryl methyl sites for hydroxylation is 2. The smallest absolute Gasteiger partial charge is 0.435 e. The number of carbonyl (C=O) groups is 2. The Morgan fingerprint density at radius 2 is 1.42 bits per heavy atom. The van der Waals surface area contributed by atoms with Crippen molar-refractivity contribution in [3.8, 4) is 11.1 Å². The molecule has 36 heavy (non-hydrogen) atoms. The number of hydrogen-bond acceptors (Lipinski definition) is 4. The Labute approximate surface area is 211 Å². The summed E-state index contributed by atoms with van der Waals surface area (Å²) in [6, 6.07) is 18.3. The molecule has 0 spiro atoms. The Kier molecular flexibility index (Phi) is 6.88. The predicted octanol–water partition coefficient (Wildman–Crippen LogP) is 5.98. The first kappa shape index (κ1) is 25.4. The van der Waals surface area contributed by atoms with E-state index in [-0.39, 0.29) is 17.5 Å². The number of likely N-dealkylation sites (tertiary alicyclic amines) is 1. The van der Waals surface area contributed by atoms with Crippen LogP contribution in [0.4, 0.5) is 21.0 Å². The molecular formula is C27H30N3O5S+. The summed E-state index contributed by atoms with van der Waals surface area (Å²) in [7, 11) is -4.12. The number of urea groups is 1. The summed E-state index contributed by atoms with van der Waals surface area (Å²) in [6.07, 6.45) is -0.241. The maximum absolute atomic E-state index is 13.3. The second-order valence-electron chi connectivity index (χ2n) is 9.25. The Morgan fingerprint density at radius 1 is 0.861 bits per heavy atom. The van der Waals surface area contributed by atoms with Crippen LogP contribution in [0.5, 0.6) is 0 Å². The first-order valence-corrected chi connectivity index (χ1v) is 13.2. The average Bonchev–Trinajstić information content (AvgIpc) is 3.25.